The lowest BCUT2D eigenvalue weighted by Gasteiger charge is -2.23. The lowest BCUT2D eigenvalue weighted by atomic mass is 10.1. The number of nitrogens with one attached hydrogen (secondary N) is 1. The average Bonchev–Trinajstić information content (AvgIpc) is 3.45. The first-order valence-electron chi connectivity index (χ1n) is 10.9. The first-order valence-corrected chi connectivity index (χ1v) is 10.9. The molecule has 1 aromatic heterocycles. The monoisotopic (exact) mass is 445 g/mol. The van der Waals surface area contributed by atoms with E-state index in [2.05, 4.69) is 25.0 Å². The van der Waals surface area contributed by atoms with Gasteiger partial charge in [0, 0.05) is 51.3 Å². The van der Waals surface area contributed by atoms with Gasteiger partial charge in [0.05, 0.1) is 46.0 Å². The largest absolute Gasteiger partial charge is 0.496 e. The molecule has 10 nitrogen and oxygen atoms in total. The number of methoxy groups -OCH3 is 3. The third-order valence-electron chi connectivity index (χ3n) is 6.12. The van der Waals surface area contributed by atoms with Crippen molar-refractivity contribution in [3.8, 4) is 17.2 Å². The molecule has 0 spiro atoms. The normalized spacial score (nSPS) is 18.7. The Balaban J connectivity index is 1.41. The number of hydrogen-bond acceptors (Lipinski definition) is 8. The Kier molecular flexibility index (Phi) is 7.11. The molecule has 174 valence electrons. The second-order valence-corrected chi connectivity index (χ2v) is 8.00. The van der Waals surface area contributed by atoms with E-state index >= 15 is 0 Å². The van der Waals surface area contributed by atoms with E-state index in [9.17, 15) is 4.79 Å². The van der Waals surface area contributed by atoms with Crippen LogP contribution in [0.3, 0.4) is 0 Å². The molecule has 0 bridgehead atoms. The quantitative estimate of drug-likeness (QED) is 0.643. The zero-order chi connectivity index (χ0) is 22.5. The molecule has 4 rings (SSSR count). The van der Waals surface area contributed by atoms with Crippen LogP contribution in [0.5, 0.6) is 17.2 Å². The van der Waals surface area contributed by atoms with Crippen LogP contribution in [0.4, 0.5) is 0 Å². The van der Waals surface area contributed by atoms with Crippen LogP contribution in [0.2, 0.25) is 0 Å². The second-order valence-electron chi connectivity index (χ2n) is 8.00. The number of rotatable bonds is 8. The van der Waals surface area contributed by atoms with Gasteiger partial charge in [0.1, 0.15) is 23.1 Å². The molecule has 0 saturated carbocycles. The summed E-state index contributed by atoms with van der Waals surface area (Å²) in [4.78, 5) is 14.7. The molecular formula is C22H31N5O5. The summed E-state index contributed by atoms with van der Waals surface area (Å²) in [5.74, 6) is 3.86. The highest BCUT2D eigenvalue weighted by atomic mass is 16.5. The fourth-order valence-electron chi connectivity index (χ4n) is 4.22. The third kappa shape index (κ3) is 4.81. The van der Waals surface area contributed by atoms with Gasteiger partial charge >= 0.3 is 0 Å². The van der Waals surface area contributed by atoms with Gasteiger partial charge in [0.15, 0.2) is 5.82 Å². The fourth-order valence-corrected chi connectivity index (χ4v) is 4.22. The van der Waals surface area contributed by atoms with Crippen LogP contribution < -0.4 is 19.5 Å². The lowest BCUT2D eigenvalue weighted by molar-refractivity contribution is -0.125. The number of benzene rings is 1. The highest BCUT2D eigenvalue weighted by molar-refractivity contribution is 5.78. The standard InChI is InChI=1S/C22H31N5O5/c1-29-16-10-18(30-2)17(19(11-16)31-3)13-26-6-4-20-24-25-21(27(20)8-7-26)12-23-22(28)15-5-9-32-14-15/h10-11,15H,4-9,12-14H2,1-3H3,(H,23,28)/t15-/m0/s1. The minimum absolute atomic E-state index is 0.0220. The molecule has 2 aliphatic heterocycles. The molecule has 10 heteroatoms. The summed E-state index contributed by atoms with van der Waals surface area (Å²) in [7, 11) is 4.93. The maximum atomic E-state index is 12.3. The van der Waals surface area contributed by atoms with Crippen molar-refractivity contribution in [2.24, 2.45) is 5.92 Å². The van der Waals surface area contributed by atoms with Crippen LogP contribution in [0.25, 0.3) is 0 Å². The van der Waals surface area contributed by atoms with Crippen molar-refractivity contribution in [1.82, 2.24) is 25.0 Å². The van der Waals surface area contributed by atoms with Gasteiger partial charge in [-0.1, -0.05) is 0 Å². The van der Waals surface area contributed by atoms with Crippen LogP contribution in [0.15, 0.2) is 12.1 Å². The van der Waals surface area contributed by atoms with Crippen LogP contribution >= 0.6 is 0 Å². The molecule has 3 heterocycles. The summed E-state index contributed by atoms with van der Waals surface area (Å²) >= 11 is 0. The summed E-state index contributed by atoms with van der Waals surface area (Å²) in [6.45, 7) is 4.61. The molecule has 0 radical (unpaired) electrons. The molecular weight excluding hydrogens is 414 g/mol. The molecule has 1 amide bonds. The number of carbonyl (C=O) groups is 1. The zero-order valence-electron chi connectivity index (χ0n) is 18.9. The summed E-state index contributed by atoms with van der Waals surface area (Å²) in [6.07, 6.45) is 1.55. The minimum Gasteiger partial charge on any atom is -0.496 e. The van der Waals surface area contributed by atoms with Gasteiger partial charge < -0.3 is 28.8 Å². The maximum absolute atomic E-state index is 12.3. The van der Waals surface area contributed by atoms with Crippen molar-refractivity contribution < 1.29 is 23.7 Å². The Morgan fingerprint density at radius 1 is 1.12 bits per heavy atom. The number of amides is 1. The molecule has 0 unspecified atom stereocenters. The van der Waals surface area contributed by atoms with E-state index in [1.54, 1.807) is 21.3 Å². The maximum Gasteiger partial charge on any atom is 0.225 e. The highest BCUT2D eigenvalue weighted by Gasteiger charge is 2.25. The average molecular weight is 446 g/mol. The van der Waals surface area contributed by atoms with Gasteiger partial charge in [0.25, 0.3) is 0 Å². The van der Waals surface area contributed by atoms with E-state index in [1.165, 1.54) is 0 Å². The highest BCUT2D eigenvalue weighted by Crippen LogP contribution is 2.35. The minimum atomic E-state index is -0.0634. The lowest BCUT2D eigenvalue weighted by Crippen LogP contribution is -2.32. The van der Waals surface area contributed by atoms with Crippen LogP contribution in [-0.2, 0) is 35.6 Å². The van der Waals surface area contributed by atoms with Crippen molar-refractivity contribution in [3.05, 3.63) is 29.3 Å². The number of hydrogen-bond donors (Lipinski definition) is 1. The van der Waals surface area contributed by atoms with E-state index in [0.717, 1.165) is 61.2 Å². The van der Waals surface area contributed by atoms with Gasteiger partial charge in [-0.2, -0.15) is 0 Å². The van der Waals surface area contributed by atoms with Crippen molar-refractivity contribution in [2.45, 2.75) is 32.5 Å². The third-order valence-corrected chi connectivity index (χ3v) is 6.12. The van der Waals surface area contributed by atoms with Crippen molar-refractivity contribution in [1.29, 1.82) is 0 Å². The van der Waals surface area contributed by atoms with E-state index < -0.39 is 0 Å². The number of nitrogens with zero attached hydrogens (tertiary/aromatic N) is 4. The van der Waals surface area contributed by atoms with Crippen molar-refractivity contribution in [2.75, 3.05) is 47.6 Å². The smallest absolute Gasteiger partial charge is 0.225 e. The van der Waals surface area contributed by atoms with Crippen LogP contribution in [-0.4, -0.2) is 73.2 Å². The first kappa shape index (κ1) is 22.3. The summed E-state index contributed by atoms with van der Waals surface area (Å²) < 4.78 is 24.0. The van der Waals surface area contributed by atoms with E-state index in [4.69, 9.17) is 18.9 Å². The fraction of sp³-hybridized carbons (Fsp3) is 0.591. The Labute approximate surface area is 187 Å². The van der Waals surface area contributed by atoms with Gasteiger partial charge in [-0.15, -0.1) is 10.2 Å². The summed E-state index contributed by atoms with van der Waals surface area (Å²) in [6, 6.07) is 3.75. The zero-order valence-corrected chi connectivity index (χ0v) is 18.9. The molecule has 1 saturated heterocycles. The van der Waals surface area contributed by atoms with E-state index in [0.29, 0.717) is 32.1 Å². The molecule has 0 aliphatic carbocycles. The molecule has 1 N–H and O–H groups in total. The van der Waals surface area contributed by atoms with Crippen molar-refractivity contribution >= 4 is 5.91 Å². The van der Waals surface area contributed by atoms with Crippen molar-refractivity contribution in [3.63, 3.8) is 0 Å². The van der Waals surface area contributed by atoms with E-state index in [-0.39, 0.29) is 11.8 Å². The van der Waals surface area contributed by atoms with Gasteiger partial charge in [0.2, 0.25) is 5.91 Å². The predicted molar refractivity (Wildman–Crippen MR) is 116 cm³/mol. The number of fused-ring (bicyclic) bond motifs is 1. The molecule has 1 atom stereocenters. The van der Waals surface area contributed by atoms with Gasteiger partial charge in [-0.3, -0.25) is 9.69 Å². The topological polar surface area (TPSA) is 100.0 Å². The van der Waals surface area contributed by atoms with Crippen LogP contribution in [0.1, 0.15) is 23.6 Å². The van der Waals surface area contributed by atoms with Gasteiger partial charge in [-0.05, 0) is 6.42 Å². The number of aromatic nitrogens is 3. The Bertz CT molecular complexity index is 916. The number of ether oxygens (including phenoxy) is 4. The second kappa shape index (κ2) is 10.2. The van der Waals surface area contributed by atoms with Crippen LogP contribution in [0, 0.1) is 5.92 Å². The van der Waals surface area contributed by atoms with Gasteiger partial charge in [-0.25, -0.2) is 0 Å². The Morgan fingerprint density at radius 2 is 1.91 bits per heavy atom. The Morgan fingerprint density at radius 3 is 2.56 bits per heavy atom. The predicted octanol–water partition coefficient (Wildman–Crippen LogP) is 1.01. The summed E-state index contributed by atoms with van der Waals surface area (Å²) in [5, 5.41) is 11.7. The molecule has 32 heavy (non-hydrogen) atoms. The number of carbonyl (C=O) groups excluding carboxylic acids is 1. The SMILES string of the molecule is COc1cc(OC)c(CN2CCc3nnc(CNC(=O)[C@H]4CCOC4)n3CC2)c(OC)c1. The van der Waals surface area contributed by atoms with E-state index in [1.807, 2.05) is 12.1 Å². The Hall–Kier alpha value is -2.85. The first-order chi connectivity index (χ1) is 15.6. The molecule has 2 aromatic rings. The molecule has 1 aromatic carbocycles. The molecule has 2 aliphatic rings. The molecule has 1 fully saturated rings. The summed E-state index contributed by atoms with van der Waals surface area (Å²) in [5.41, 5.74) is 0.986.